The number of morpholine rings is 1. The molecule has 112 valence electrons. The van der Waals surface area contributed by atoms with E-state index in [-0.39, 0.29) is 24.7 Å². The van der Waals surface area contributed by atoms with Crippen LogP contribution in [-0.2, 0) is 9.53 Å². The Balaban J connectivity index is 1.68. The number of carbonyl (C=O) groups excluding carboxylic acids is 1. The van der Waals surface area contributed by atoms with Crippen molar-refractivity contribution in [2.75, 3.05) is 32.8 Å². The van der Waals surface area contributed by atoms with Gasteiger partial charge in [-0.3, -0.25) is 0 Å². The van der Waals surface area contributed by atoms with Crippen molar-refractivity contribution >= 4 is 12.0 Å². The minimum absolute atomic E-state index is 0.0460. The summed E-state index contributed by atoms with van der Waals surface area (Å²) in [6.07, 6.45) is 1.44. The Kier molecular flexibility index (Phi) is 3.55. The van der Waals surface area contributed by atoms with E-state index in [0.29, 0.717) is 32.2 Å². The maximum Gasteiger partial charge on any atom is 0.328 e. The van der Waals surface area contributed by atoms with Crippen LogP contribution >= 0.6 is 0 Å². The Labute approximate surface area is 117 Å². The normalized spacial score (nSPS) is 37.0. The van der Waals surface area contributed by atoms with Crippen molar-refractivity contribution in [3.05, 3.63) is 0 Å². The van der Waals surface area contributed by atoms with Gasteiger partial charge in [0.2, 0.25) is 0 Å². The topological polar surface area (TPSA) is 90.3 Å². The van der Waals surface area contributed by atoms with Crippen molar-refractivity contribution < 1.29 is 24.5 Å². The van der Waals surface area contributed by atoms with Crippen molar-refractivity contribution in [1.29, 1.82) is 0 Å². The van der Waals surface area contributed by atoms with Gasteiger partial charge in [0.15, 0.2) is 6.04 Å². The van der Waals surface area contributed by atoms with E-state index in [9.17, 15) is 19.8 Å². The molecule has 20 heavy (non-hydrogen) atoms. The van der Waals surface area contributed by atoms with Gasteiger partial charge in [0.25, 0.3) is 0 Å². The second-order valence-electron chi connectivity index (χ2n) is 5.88. The van der Waals surface area contributed by atoms with E-state index in [4.69, 9.17) is 4.74 Å². The average Bonchev–Trinajstić information content (AvgIpc) is 3.00. The van der Waals surface area contributed by atoms with E-state index < -0.39 is 12.0 Å². The molecule has 0 spiro atoms. The molecule has 2 heterocycles. The van der Waals surface area contributed by atoms with Gasteiger partial charge in [-0.25, -0.2) is 9.59 Å². The fourth-order valence-corrected chi connectivity index (χ4v) is 3.61. The lowest BCUT2D eigenvalue weighted by Crippen LogP contribution is -2.56. The van der Waals surface area contributed by atoms with Crippen molar-refractivity contribution in [3.63, 3.8) is 0 Å². The van der Waals surface area contributed by atoms with Gasteiger partial charge in [0.1, 0.15) is 0 Å². The van der Waals surface area contributed by atoms with Gasteiger partial charge in [-0.2, -0.15) is 0 Å². The van der Waals surface area contributed by atoms with Crippen molar-refractivity contribution in [3.8, 4) is 0 Å². The summed E-state index contributed by atoms with van der Waals surface area (Å²) in [5, 5.41) is 19.1. The minimum Gasteiger partial charge on any atom is -0.480 e. The predicted molar refractivity (Wildman–Crippen MR) is 68.1 cm³/mol. The fourth-order valence-electron chi connectivity index (χ4n) is 3.61. The zero-order chi connectivity index (χ0) is 14.3. The molecule has 7 heteroatoms. The molecule has 0 aromatic heterocycles. The third-order valence-corrected chi connectivity index (χ3v) is 4.75. The van der Waals surface area contributed by atoms with Crippen LogP contribution in [0.15, 0.2) is 0 Å². The molecule has 4 unspecified atom stereocenters. The molecule has 2 saturated heterocycles. The zero-order valence-electron chi connectivity index (χ0n) is 11.3. The van der Waals surface area contributed by atoms with Gasteiger partial charge < -0.3 is 24.7 Å². The quantitative estimate of drug-likeness (QED) is 0.683. The first kappa shape index (κ1) is 13.6. The number of fused-ring (bicyclic) bond motifs is 1. The highest BCUT2D eigenvalue weighted by molar-refractivity contribution is 5.83. The molecule has 7 nitrogen and oxygen atoms in total. The molecule has 0 bridgehead atoms. The lowest BCUT2D eigenvalue weighted by Gasteiger charge is -2.35. The van der Waals surface area contributed by atoms with Gasteiger partial charge in [-0.15, -0.1) is 0 Å². The Hall–Kier alpha value is -1.34. The van der Waals surface area contributed by atoms with Crippen LogP contribution in [0.2, 0.25) is 0 Å². The highest BCUT2D eigenvalue weighted by Gasteiger charge is 2.45. The number of ether oxygens (including phenoxy) is 1. The van der Waals surface area contributed by atoms with Crippen LogP contribution in [0.4, 0.5) is 4.79 Å². The van der Waals surface area contributed by atoms with Crippen molar-refractivity contribution in [2.45, 2.75) is 25.0 Å². The summed E-state index contributed by atoms with van der Waals surface area (Å²) in [4.78, 5) is 26.8. The van der Waals surface area contributed by atoms with E-state index in [2.05, 4.69) is 0 Å². The number of aliphatic hydroxyl groups is 1. The lowest BCUT2D eigenvalue weighted by molar-refractivity contribution is -0.147. The number of urea groups is 1. The Morgan fingerprint density at radius 2 is 2.00 bits per heavy atom. The number of likely N-dealkylation sites (tertiary alicyclic amines) is 1. The molecule has 2 N–H and O–H groups in total. The first-order valence-corrected chi connectivity index (χ1v) is 7.12. The second kappa shape index (κ2) is 5.21. The first-order valence-electron chi connectivity index (χ1n) is 7.12. The summed E-state index contributed by atoms with van der Waals surface area (Å²) in [7, 11) is 0. The summed E-state index contributed by atoms with van der Waals surface area (Å²) in [5.74, 6) is -0.515. The molecule has 3 fully saturated rings. The maximum absolute atomic E-state index is 12.5. The lowest BCUT2D eigenvalue weighted by atomic mass is 10.00. The number of nitrogens with zero attached hydrogens (tertiary/aromatic N) is 2. The molecule has 2 aliphatic heterocycles. The Morgan fingerprint density at radius 1 is 1.20 bits per heavy atom. The molecule has 1 aliphatic carbocycles. The molecule has 0 aromatic carbocycles. The number of hydrogen-bond donors (Lipinski definition) is 2. The summed E-state index contributed by atoms with van der Waals surface area (Å²) in [6, 6.07) is -1.14. The SMILES string of the molecule is O=C(O)C1COCCN1C(=O)N1CC2CCC(O)C2C1. The van der Waals surface area contributed by atoms with E-state index in [1.54, 1.807) is 4.90 Å². The van der Waals surface area contributed by atoms with Crippen LogP contribution in [0.1, 0.15) is 12.8 Å². The first-order chi connectivity index (χ1) is 9.58. The third-order valence-electron chi connectivity index (χ3n) is 4.75. The highest BCUT2D eigenvalue weighted by atomic mass is 16.5. The number of amides is 2. The largest absolute Gasteiger partial charge is 0.480 e. The molecule has 2 amide bonds. The molecule has 4 atom stereocenters. The van der Waals surface area contributed by atoms with Gasteiger partial charge in [-0.1, -0.05) is 0 Å². The predicted octanol–water partition coefficient (Wildman–Crippen LogP) is -0.405. The summed E-state index contributed by atoms with van der Waals surface area (Å²) in [6.45, 7) is 1.89. The van der Waals surface area contributed by atoms with E-state index in [1.165, 1.54) is 4.90 Å². The molecule has 3 aliphatic rings. The smallest absolute Gasteiger partial charge is 0.328 e. The van der Waals surface area contributed by atoms with Gasteiger partial charge >= 0.3 is 12.0 Å². The van der Waals surface area contributed by atoms with Gasteiger partial charge in [0.05, 0.1) is 19.3 Å². The highest BCUT2D eigenvalue weighted by Crippen LogP contribution is 2.38. The number of carboxylic acid groups (broad SMARTS) is 1. The number of aliphatic hydroxyl groups excluding tert-OH is 1. The molecular weight excluding hydrogens is 264 g/mol. The summed E-state index contributed by atoms with van der Waals surface area (Å²) >= 11 is 0. The van der Waals surface area contributed by atoms with Gasteiger partial charge in [-0.05, 0) is 18.8 Å². The number of carboxylic acids is 1. The molecule has 0 radical (unpaired) electrons. The Morgan fingerprint density at radius 3 is 2.70 bits per heavy atom. The molecule has 1 saturated carbocycles. The van der Waals surface area contributed by atoms with Crippen molar-refractivity contribution in [2.24, 2.45) is 11.8 Å². The average molecular weight is 284 g/mol. The number of rotatable bonds is 1. The number of aliphatic carboxylic acids is 1. The number of hydrogen-bond acceptors (Lipinski definition) is 4. The van der Waals surface area contributed by atoms with Crippen molar-refractivity contribution in [1.82, 2.24) is 9.80 Å². The maximum atomic E-state index is 12.5. The van der Waals surface area contributed by atoms with Crippen LogP contribution in [0.5, 0.6) is 0 Å². The van der Waals surface area contributed by atoms with Crippen LogP contribution in [0.3, 0.4) is 0 Å². The fraction of sp³-hybridized carbons (Fsp3) is 0.846. The number of carbonyl (C=O) groups is 2. The molecule has 3 rings (SSSR count). The van der Waals surface area contributed by atoms with E-state index >= 15 is 0 Å². The van der Waals surface area contributed by atoms with E-state index in [0.717, 1.165) is 12.8 Å². The third kappa shape index (κ3) is 2.25. The zero-order valence-corrected chi connectivity index (χ0v) is 11.3. The van der Waals surface area contributed by atoms with Gasteiger partial charge in [0, 0.05) is 25.6 Å². The Bertz CT molecular complexity index is 416. The molecular formula is C13H20N2O5. The second-order valence-corrected chi connectivity index (χ2v) is 5.88. The standard InChI is InChI=1S/C13H20N2O5/c16-11-2-1-8-5-14(6-9(8)11)13(19)15-3-4-20-7-10(15)12(17)18/h8-11,16H,1-7H2,(H,17,18). The van der Waals surface area contributed by atoms with Crippen LogP contribution in [0, 0.1) is 11.8 Å². The minimum atomic E-state index is -1.03. The summed E-state index contributed by atoms with van der Waals surface area (Å²) < 4.78 is 5.14. The van der Waals surface area contributed by atoms with Crippen LogP contribution in [0.25, 0.3) is 0 Å². The summed E-state index contributed by atoms with van der Waals surface area (Å²) in [5.41, 5.74) is 0. The molecule has 0 aromatic rings. The van der Waals surface area contributed by atoms with Crippen LogP contribution in [-0.4, -0.2) is 77.0 Å². The van der Waals surface area contributed by atoms with E-state index in [1.807, 2.05) is 0 Å². The van der Waals surface area contributed by atoms with Crippen LogP contribution < -0.4 is 0 Å². The monoisotopic (exact) mass is 284 g/mol.